The Morgan fingerprint density at radius 3 is 2.58 bits per heavy atom. The Labute approximate surface area is 165 Å². The van der Waals surface area contributed by atoms with Crippen LogP contribution in [0.1, 0.15) is 25.3 Å². The number of anilines is 2. The van der Waals surface area contributed by atoms with Crippen LogP contribution in [0.15, 0.2) is 18.3 Å². The van der Waals surface area contributed by atoms with Crippen molar-refractivity contribution in [3.63, 3.8) is 0 Å². The highest BCUT2D eigenvalue weighted by Crippen LogP contribution is 2.37. The third-order valence-corrected chi connectivity index (χ3v) is 4.28. The molecule has 8 nitrogen and oxygen atoms in total. The fourth-order valence-electron chi connectivity index (χ4n) is 2.18. The highest BCUT2D eigenvalue weighted by molar-refractivity contribution is 14.1. The Hall–Kier alpha value is -2.14. The van der Waals surface area contributed by atoms with Gasteiger partial charge in [0.05, 0.1) is 16.9 Å². The van der Waals surface area contributed by atoms with Gasteiger partial charge in [-0.2, -0.15) is 4.98 Å². The summed E-state index contributed by atoms with van der Waals surface area (Å²) in [7, 11) is 3.05. The van der Waals surface area contributed by atoms with Gasteiger partial charge >= 0.3 is 0 Å². The summed E-state index contributed by atoms with van der Waals surface area (Å²) in [6.07, 6.45) is 1.42. The van der Waals surface area contributed by atoms with Crippen molar-refractivity contribution in [3.05, 3.63) is 27.5 Å². The average molecular weight is 472 g/mol. The van der Waals surface area contributed by atoms with E-state index >= 15 is 0 Å². The minimum Gasteiger partial charge on any atom is -0.496 e. The molecule has 0 aliphatic heterocycles. The molecule has 2 aromatic rings. The average Bonchev–Trinajstić information content (AvgIpc) is 2.57. The fraction of sp³-hybridized carbons (Fsp3) is 0.353. The summed E-state index contributed by atoms with van der Waals surface area (Å²) >= 11 is 2.18. The number of rotatable bonds is 7. The normalized spacial score (nSPS) is 10.7. The van der Waals surface area contributed by atoms with E-state index in [1.807, 2.05) is 12.1 Å². The minimum atomic E-state index is -0.368. The van der Waals surface area contributed by atoms with E-state index < -0.39 is 0 Å². The number of nitrogens with two attached hydrogens (primary N) is 1. The van der Waals surface area contributed by atoms with Gasteiger partial charge in [0.2, 0.25) is 5.95 Å². The van der Waals surface area contributed by atoms with Crippen molar-refractivity contribution < 1.29 is 19.0 Å². The van der Waals surface area contributed by atoms with Gasteiger partial charge in [-0.15, -0.1) is 0 Å². The molecule has 0 saturated heterocycles. The van der Waals surface area contributed by atoms with Crippen molar-refractivity contribution in [2.75, 3.05) is 31.9 Å². The lowest BCUT2D eigenvalue weighted by molar-refractivity contribution is -0.119. The number of methoxy groups -OCH3 is 2. The van der Waals surface area contributed by atoms with Crippen molar-refractivity contribution >= 4 is 40.3 Å². The maximum Gasteiger partial charge on any atom is 0.252 e. The second-order valence-corrected chi connectivity index (χ2v) is 6.87. The van der Waals surface area contributed by atoms with Crippen LogP contribution in [-0.2, 0) is 9.53 Å². The maximum atomic E-state index is 11.5. The molecule has 26 heavy (non-hydrogen) atoms. The Kier molecular flexibility index (Phi) is 6.98. The third kappa shape index (κ3) is 4.94. The van der Waals surface area contributed by atoms with Gasteiger partial charge in [-0.3, -0.25) is 10.1 Å². The van der Waals surface area contributed by atoms with Gasteiger partial charge in [0.15, 0.2) is 11.6 Å². The number of hydrogen-bond donors (Lipinski definition) is 2. The first-order chi connectivity index (χ1) is 12.3. The molecule has 0 aliphatic carbocycles. The summed E-state index contributed by atoms with van der Waals surface area (Å²) in [5.74, 6) is 1.79. The molecular formula is C17H21IN4O4. The van der Waals surface area contributed by atoms with Gasteiger partial charge in [-0.05, 0) is 40.6 Å². The number of carbonyl (C=O) groups excluding carboxylic acids is 1. The third-order valence-electron chi connectivity index (χ3n) is 3.44. The Morgan fingerprint density at radius 2 is 2.00 bits per heavy atom. The van der Waals surface area contributed by atoms with Gasteiger partial charge in [-0.25, -0.2) is 4.98 Å². The lowest BCUT2D eigenvalue weighted by atomic mass is 10.0. The van der Waals surface area contributed by atoms with Gasteiger partial charge < -0.3 is 19.9 Å². The van der Waals surface area contributed by atoms with E-state index in [0.717, 1.165) is 14.9 Å². The second kappa shape index (κ2) is 8.99. The molecule has 0 fully saturated rings. The van der Waals surface area contributed by atoms with E-state index in [4.69, 9.17) is 19.9 Å². The predicted molar refractivity (Wildman–Crippen MR) is 107 cm³/mol. The molecule has 0 spiro atoms. The lowest BCUT2D eigenvalue weighted by Crippen LogP contribution is -2.19. The Morgan fingerprint density at radius 1 is 1.27 bits per heavy atom. The largest absolute Gasteiger partial charge is 0.496 e. The molecule has 0 aliphatic rings. The molecule has 0 radical (unpaired) electrons. The molecule has 0 saturated carbocycles. The number of hydrogen-bond acceptors (Lipinski definition) is 7. The highest BCUT2D eigenvalue weighted by Gasteiger charge is 2.16. The first-order valence-corrected chi connectivity index (χ1v) is 8.90. The summed E-state index contributed by atoms with van der Waals surface area (Å²) in [6, 6.07) is 3.82. The van der Waals surface area contributed by atoms with E-state index in [1.165, 1.54) is 13.3 Å². The van der Waals surface area contributed by atoms with E-state index in [9.17, 15) is 4.79 Å². The SMILES string of the molecule is COCC(=O)Nc1ncc(Oc2cc(I)c(OC)cc2C(C)C)c(N)n1. The molecule has 1 aromatic heterocycles. The molecule has 0 unspecified atom stereocenters. The molecule has 9 heteroatoms. The predicted octanol–water partition coefficient (Wildman–Crippen LogP) is 3.17. The molecular weight excluding hydrogens is 451 g/mol. The van der Waals surface area contributed by atoms with Crippen LogP contribution in [0.25, 0.3) is 0 Å². The van der Waals surface area contributed by atoms with Crippen molar-refractivity contribution in [2.24, 2.45) is 0 Å². The molecule has 140 valence electrons. The summed E-state index contributed by atoms with van der Waals surface area (Å²) in [5.41, 5.74) is 6.93. The molecule has 1 aromatic carbocycles. The lowest BCUT2D eigenvalue weighted by Gasteiger charge is -2.17. The van der Waals surface area contributed by atoms with Gasteiger partial charge in [0.25, 0.3) is 5.91 Å². The zero-order valence-corrected chi connectivity index (χ0v) is 17.2. The smallest absolute Gasteiger partial charge is 0.252 e. The molecule has 0 atom stereocenters. The van der Waals surface area contributed by atoms with Crippen molar-refractivity contribution in [1.29, 1.82) is 0 Å². The Bertz CT molecular complexity index is 799. The van der Waals surface area contributed by atoms with Crippen LogP contribution in [0.2, 0.25) is 0 Å². The molecule has 1 amide bonds. The minimum absolute atomic E-state index is 0.0882. The number of halogens is 1. The van der Waals surface area contributed by atoms with E-state index in [-0.39, 0.29) is 30.2 Å². The van der Waals surface area contributed by atoms with Crippen molar-refractivity contribution in [1.82, 2.24) is 9.97 Å². The number of amides is 1. The maximum absolute atomic E-state index is 11.5. The number of nitrogens with zero attached hydrogens (tertiary/aromatic N) is 2. The van der Waals surface area contributed by atoms with Crippen LogP contribution in [0.3, 0.4) is 0 Å². The Balaban J connectivity index is 2.28. The quantitative estimate of drug-likeness (QED) is 0.596. The van der Waals surface area contributed by atoms with Crippen LogP contribution in [0.5, 0.6) is 17.2 Å². The highest BCUT2D eigenvalue weighted by atomic mass is 127. The topological polar surface area (TPSA) is 109 Å². The monoisotopic (exact) mass is 472 g/mol. The summed E-state index contributed by atoms with van der Waals surface area (Å²) in [5, 5.41) is 2.49. The van der Waals surface area contributed by atoms with Crippen LogP contribution in [-0.4, -0.2) is 36.7 Å². The molecule has 1 heterocycles. The first-order valence-electron chi connectivity index (χ1n) is 7.82. The van der Waals surface area contributed by atoms with Gasteiger partial charge in [0, 0.05) is 12.7 Å². The van der Waals surface area contributed by atoms with Crippen molar-refractivity contribution in [2.45, 2.75) is 19.8 Å². The molecule has 0 bridgehead atoms. The second-order valence-electron chi connectivity index (χ2n) is 5.71. The zero-order chi connectivity index (χ0) is 19.3. The summed E-state index contributed by atoms with van der Waals surface area (Å²) in [4.78, 5) is 19.6. The number of nitrogen functional groups attached to an aromatic ring is 1. The van der Waals surface area contributed by atoms with Crippen molar-refractivity contribution in [3.8, 4) is 17.2 Å². The van der Waals surface area contributed by atoms with Gasteiger partial charge in [-0.1, -0.05) is 13.8 Å². The zero-order valence-electron chi connectivity index (χ0n) is 15.0. The van der Waals surface area contributed by atoms with Crippen LogP contribution >= 0.6 is 22.6 Å². The van der Waals surface area contributed by atoms with Crippen LogP contribution in [0.4, 0.5) is 11.8 Å². The number of nitrogens with one attached hydrogen (secondary N) is 1. The number of benzene rings is 1. The van der Waals surface area contributed by atoms with E-state index in [1.54, 1.807) is 7.11 Å². The fourth-order valence-corrected chi connectivity index (χ4v) is 2.84. The molecule has 2 rings (SSSR count). The first kappa shape index (κ1) is 20.2. The summed E-state index contributed by atoms with van der Waals surface area (Å²) in [6.45, 7) is 4.02. The van der Waals surface area contributed by atoms with E-state index in [0.29, 0.717) is 11.5 Å². The standard InChI is InChI=1S/C17H21IN4O4/c1-9(2)10-5-13(25-4)11(18)6-12(10)26-14-7-20-17(22-16(14)19)21-15(23)8-24-3/h5-7,9H,8H2,1-4H3,(H3,19,20,21,22,23). The van der Waals surface area contributed by atoms with Crippen LogP contribution in [0, 0.1) is 3.57 Å². The number of aromatic nitrogens is 2. The number of carbonyl (C=O) groups is 1. The van der Waals surface area contributed by atoms with E-state index in [2.05, 4.69) is 51.7 Å². The molecule has 3 N–H and O–H groups in total. The number of ether oxygens (including phenoxy) is 3. The van der Waals surface area contributed by atoms with Crippen LogP contribution < -0.4 is 20.5 Å². The summed E-state index contributed by atoms with van der Waals surface area (Å²) < 4.78 is 17.0. The van der Waals surface area contributed by atoms with Gasteiger partial charge in [0.1, 0.15) is 18.1 Å².